The standard InChI is InChI=1S/C17H17N5O/c1-10-6-11(2)22(21-10)13-5-3-4-12(7-13)14-8-16(23)19-17-15(14)9-18-20-17/h3-7,9,14H,8H2,1-2H3,(H2,18,19,20,23)/t14-/m1/s1. The Morgan fingerprint density at radius 1 is 1.26 bits per heavy atom. The third-order valence-electron chi connectivity index (χ3n) is 4.22. The molecule has 0 saturated carbocycles. The predicted molar refractivity (Wildman–Crippen MR) is 86.7 cm³/mol. The number of benzene rings is 1. The lowest BCUT2D eigenvalue weighted by atomic mass is 9.87. The molecular formula is C17H17N5O. The molecule has 2 aromatic heterocycles. The largest absolute Gasteiger partial charge is 0.311 e. The number of aromatic nitrogens is 4. The molecule has 1 atom stereocenters. The Labute approximate surface area is 133 Å². The summed E-state index contributed by atoms with van der Waals surface area (Å²) in [5.41, 5.74) is 5.19. The summed E-state index contributed by atoms with van der Waals surface area (Å²) < 4.78 is 1.93. The van der Waals surface area contributed by atoms with Crippen LogP contribution in [-0.2, 0) is 4.79 Å². The molecule has 3 heterocycles. The van der Waals surface area contributed by atoms with E-state index in [4.69, 9.17) is 0 Å². The minimum absolute atomic E-state index is 0.00303. The summed E-state index contributed by atoms with van der Waals surface area (Å²) in [5, 5.41) is 14.3. The molecule has 0 spiro atoms. The highest BCUT2D eigenvalue weighted by Gasteiger charge is 2.28. The minimum atomic E-state index is 0.00303. The molecule has 6 heteroatoms. The van der Waals surface area contributed by atoms with Crippen molar-refractivity contribution in [2.75, 3.05) is 5.32 Å². The molecule has 2 N–H and O–H groups in total. The number of nitrogens with zero attached hydrogens (tertiary/aromatic N) is 3. The van der Waals surface area contributed by atoms with Gasteiger partial charge < -0.3 is 5.32 Å². The number of fused-ring (bicyclic) bond motifs is 1. The molecule has 0 radical (unpaired) electrons. The fourth-order valence-electron chi connectivity index (χ4n) is 3.21. The average Bonchev–Trinajstić information content (AvgIpc) is 3.12. The Balaban J connectivity index is 1.78. The first kappa shape index (κ1) is 13.8. The molecule has 1 aliphatic heterocycles. The second-order valence-electron chi connectivity index (χ2n) is 5.94. The van der Waals surface area contributed by atoms with Crippen molar-refractivity contribution in [1.29, 1.82) is 0 Å². The molecule has 4 rings (SSSR count). The van der Waals surface area contributed by atoms with Crippen molar-refractivity contribution in [3.63, 3.8) is 0 Å². The van der Waals surface area contributed by atoms with E-state index < -0.39 is 0 Å². The predicted octanol–water partition coefficient (Wildman–Crippen LogP) is 2.69. The van der Waals surface area contributed by atoms with Crippen molar-refractivity contribution in [2.45, 2.75) is 26.2 Å². The van der Waals surface area contributed by atoms with E-state index in [9.17, 15) is 4.79 Å². The Bertz CT molecular complexity index is 892. The van der Waals surface area contributed by atoms with Gasteiger partial charge in [0.05, 0.1) is 17.6 Å². The van der Waals surface area contributed by atoms with Crippen LogP contribution in [0.3, 0.4) is 0 Å². The smallest absolute Gasteiger partial charge is 0.226 e. The Kier molecular flexibility index (Phi) is 3.04. The van der Waals surface area contributed by atoms with Gasteiger partial charge in [0, 0.05) is 23.6 Å². The van der Waals surface area contributed by atoms with Gasteiger partial charge in [-0.15, -0.1) is 0 Å². The van der Waals surface area contributed by atoms with Gasteiger partial charge >= 0.3 is 0 Å². The number of aryl methyl sites for hydroxylation is 2. The molecule has 0 aliphatic carbocycles. The zero-order valence-electron chi connectivity index (χ0n) is 13.0. The van der Waals surface area contributed by atoms with Crippen LogP contribution >= 0.6 is 0 Å². The number of carbonyl (C=O) groups is 1. The highest BCUT2D eigenvalue weighted by Crippen LogP contribution is 2.36. The van der Waals surface area contributed by atoms with Gasteiger partial charge in [-0.25, -0.2) is 4.68 Å². The van der Waals surface area contributed by atoms with Crippen LogP contribution in [0.25, 0.3) is 5.69 Å². The summed E-state index contributed by atoms with van der Waals surface area (Å²) in [6.45, 7) is 4.02. The zero-order valence-corrected chi connectivity index (χ0v) is 13.0. The molecule has 23 heavy (non-hydrogen) atoms. The number of hydrogen-bond acceptors (Lipinski definition) is 3. The normalized spacial score (nSPS) is 17.0. The molecule has 6 nitrogen and oxygen atoms in total. The van der Waals surface area contributed by atoms with Crippen LogP contribution < -0.4 is 5.32 Å². The van der Waals surface area contributed by atoms with Crippen molar-refractivity contribution >= 4 is 11.7 Å². The van der Waals surface area contributed by atoms with Gasteiger partial charge in [0.25, 0.3) is 0 Å². The first-order valence-electron chi connectivity index (χ1n) is 7.58. The molecular weight excluding hydrogens is 290 g/mol. The molecule has 0 bridgehead atoms. The van der Waals surface area contributed by atoms with Crippen LogP contribution in [0.2, 0.25) is 0 Å². The average molecular weight is 307 g/mol. The van der Waals surface area contributed by atoms with Crippen LogP contribution in [0.4, 0.5) is 5.82 Å². The van der Waals surface area contributed by atoms with Crippen LogP contribution in [0, 0.1) is 13.8 Å². The number of hydrogen-bond donors (Lipinski definition) is 2. The molecule has 0 unspecified atom stereocenters. The highest BCUT2D eigenvalue weighted by atomic mass is 16.1. The van der Waals surface area contributed by atoms with Gasteiger partial charge in [-0.3, -0.25) is 9.89 Å². The Morgan fingerprint density at radius 3 is 2.91 bits per heavy atom. The fourth-order valence-corrected chi connectivity index (χ4v) is 3.21. The summed E-state index contributed by atoms with van der Waals surface area (Å²) in [4.78, 5) is 11.9. The first-order valence-corrected chi connectivity index (χ1v) is 7.58. The van der Waals surface area contributed by atoms with E-state index in [1.165, 1.54) is 0 Å². The number of H-pyrrole nitrogens is 1. The van der Waals surface area contributed by atoms with E-state index in [1.807, 2.05) is 30.7 Å². The van der Waals surface area contributed by atoms with Crippen LogP contribution in [-0.4, -0.2) is 25.9 Å². The molecule has 3 aromatic rings. The number of nitrogens with one attached hydrogen (secondary N) is 2. The second-order valence-corrected chi connectivity index (χ2v) is 5.94. The third kappa shape index (κ3) is 2.32. The van der Waals surface area contributed by atoms with Crippen molar-refractivity contribution in [3.05, 3.63) is 59.0 Å². The van der Waals surface area contributed by atoms with E-state index in [-0.39, 0.29) is 11.8 Å². The van der Waals surface area contributed by atoms with Gasteiger partial charge in [0.15, 0.2) is 0 Å². The number of amides is 1. The van der Waals surface area contributed by atoms with Crippen molar-refractivity contribution in [2.24, 2.45) is 0 Å². The topological polar surface area (TPSA) is 75.6 Å². The summed E-state index contributed by atoms with van der Waals surface area (Å²) in [6.07, 6.45) is 2.21. The van der Waals surface area contributed by atoms with Crippen molar-refractivity contribution in [1.82, 2.24) is 20.0 Å². The highest BCUT2D eigenvalue weighted by molar-refractivity contribution is 5.94. The van der Waals surface area contributed by atoms with E-state index in [2.05, 4.69) is 38.8 Å². The Morgan fingerprint density at radius 2 is 2.13 bits per heavy atom. The van der Waals surface area contributed by atoms with Gasteiger partial charge in [-0.2, -0.15) is 10.2 Å². The monoisotopic (exact) mass is 307 g/mol. The van der Waals surface area contributed by atoms with E-state index in [0.717, 1.165) is 28.2 Å². The van der Waals surface area contributed by atoms with Crippen LogP contribution in [0.5, 0.6) is 0 Å². The lowest BCUT2D eigenvalue weighted by molar-refractivity contribution is -0.116. The summed E-state index contributed by atoms with van der Waals surface area (Å²) >= 11 is 0. The molecule has 1 amide bonds. The van der Waals surface area contributed by atoms with Crippen molar-refractivity contribution in [3.8, 4) is 5.69 Å². The number of anilines is 1. The Hall–Kier alpha value is -2.89. The summed E-state index contributed by atoms with van der Waals surface area (Å²) in [7, 11) is 0. The third-order valence-corrected chi connectivity index (χ3v) is 4.22. The summed E-state index contributed by atoms with van der Waals surface area (Å²) in [5.74, 6) is 0.709. The summed E-state index contributed by atoms with van der Waals surface area (Å²) in [6, 6.07) is 10.2. The van der Waals surface area contributed by atoms with Crippen LogP contribution in [0.1, 0.15) is 34.9 Å². The van der Waals surface area contributed by atoms with Gasteiger partial charge in [-0.1, -0.05) is 12.1 Å². The SMILES string of the molecule is Cc1cc(C)n(-c2cccc([C@H]3CC(=O)Nc4[nH]ncc43)c2)n1. The first-order chi connectivity index (χ1) is 11.1. The maximum Gasteiger partial charge on any atom is 0.226 e. The van der Waals surface area contributed by atoms with Gasteiger partial charge in [0.1, 0.15) is 5.82 Å². The molecule has 0 fully saturated rings. The van der Waals surface area contributed by atoms with E-state index in [0.29, 0.717) is 12.2 Å². The maximum atomic E-state index is 11.9. The molecule has 1 aliphatic rings. The maximum absolute atomic E-state index is 11.9. The minimum Gasteiger partial charge on any atom is -0.311 e. The van der Waals surface area contributed by atoms with Crippen molar-refractivity contribution < 1.29 is 4.79 Å². The van der Waals surface area contributed by atoms with Gasteiger partial charge in [-0.05, 0) is 37.6 Å². The van der Waals surface area contributed by atoms with E-state index >= 15 is 0 Å². The fraction of sp³-hybridized carbons (Fsp3) is 0.235. The number of carbonyl (C=O) groups excluding carboxylic acids is 1. The number of aromatic amines is 1. The molecule has 116 valence electrons. The zero-order chi connectivity index (χ0) is 16.0. The van der Waals surface area contributed by atoms with E-state index in [1.54, 1.807) is 6.20 Å². The van der Waals surface area contributed by atoms with Crippen LogP contribution in [0.15, 0.2) is 36.5 Å². The lowest BCUT2D eigenvalue weighted by Gasteiger charge is -2.22. The lowest BCUT2D eigenvalue weighted by Crippen LogP contribution is -2.23. The molecule has 0 saturated heterocycles. The molecule has 1 aromatic carbocycles. The quantitative estimate of drug-likeness (QED) is 0.764. The second kappa shape index (κ2) is 5.08. The number of rotatable bonds is 2. The van der Waals surface area contributed by atoms with Gasteiger partial charge in [0.2, 0.25) is 5.91 Å².